The zero-order chi connectivity index (χ0) is 22.2. The summed E-state index contributed by atoms with van der Waals surface area (Å²) in [4.78, 5) is 12.5. The Labute approximate surface area is 185 Å². The molecule has 1 N–H and O–H groups in total. The van der Waals surface area contributed by atoms with Gasteiger partial charge in [-0.25, -0.2) is 4.79 Å². The third-order valence-electron chi connectivity index (χ3n) is 4.75. The zero-order valence-corrected chi connectivity index (χ0v) is 18.7. The number of methoxy groups -OCH3 is 1. The van der Waals surface area contributed by atoms with Crippen LogP contribution in [0.15, 0.2) is 48.5 Å². The molecule has 2 aromatic carbocycles. The number of carbonyl (C=O) groups excluding carboxylic acids is 1. The molecule has 0 aliphatic carbocycles. The molecule has 0 fully saturated rings. The highest BCUT2D eigenvalue weighted by molar-refractivity contribution is 5.92. The fraction of sp³-hybridized carbons (Fsp3) is 0.480. The van der Waals surface area contributed by atoms with Crippen LogP contribution in [0.1, 0.15) is 55.8 Å². The third-order valence-corrected chi connectivity index (χ3v) is 4.75. The molecule has 31 heavy (non-hydrogen) atoms. The van der Waals surface area contributed by atoms with E-state index < -0.39 is 5.97 Å². The molecule has 0 bridgehead atoms. The Kier molecular flexibility index (Phi) is 12.2. The van der Waals surface area contributed by atoms with Crippen molar-refractivity contribution >= 4 is 11.7 Å². The Bertz CT molecular complexity index is 751. The summed E-state index contributed by atoms with van der Waals surface area (Å²) in [5.41, 5.74) is 1.25. The summed E-state index contributed by atoms with van der Waals surface area (Å²) >= 11 is 0. The molecule has 0 unspecified atom stereocenters. The Morgan fingerprint density at radius 3 is 2.48 bits per heavy atom. The van der Waals surface area contributed by atoms with Crippen LogP contribution in [-0.2, 0) is 9.47 Å². The number of rotatable bonds is 16. The van der Waals surface area contributed by atoms with Crippen LogP contribution >= 0.6 is 0 Å². The molecular weight excluding hydrogens is 394 g/mol. The zero-order valence-electron chi connectivity index (χ0n) is 18.7. The number of para-hydroxylation sites is 1. The van der Waals surface area contributed by atoms with Gasteiger partial charge < -0.3 is 24.3 Å². The van der Waals surface area contributed by atoms with Crippen LogP contribution in [0, 0.1) is 0 Å². The minimum Gasteiger partial charge on any atom is -0.465 e. The van der Waals surface area contributed by atoms with Crippen LogP contribution in [0.3, 0.4) is 0 Å². The summed E-state index contributed by atoms with van der Waals surface area (Å²) in [5, 5.41) is 3.41. The number of unbranched alkanes of at least 4 members (excludes halogenated alkanes) is 5. The van der Waals surface area contributed by atoms with Gasteiger partial charge in [0, 0.05) is 13.7 Å². The van der Waals surface area contributed by atoms with E-state index in [9.17, 15) is 4.79 Å². The molecule has 0 amide bonds. The van der Waals surface area contributed by atoms with Crippen molar-refractivity contribution < 1.29 is 23.7 Å². The maximum atomic E-state index is 12.5. The van der Waals surface area contributed by atoms with E-state index in [1.807, 2.05) is 24.3 Å². The summed E-state index contributed by atoms with van der Waals surface area (Å²) in [5.74, 6) is 0.632. The summed E-state index contributed by atoms with van der Waals surface area (Å²) in [6, 6.07) is 14.3. The van der Waals surface area contributed by atoms with Gasteiger partial charge in [0.2, 0.25) is 0 Å². The first kappa shape index (κ1) is 24.7. The van der Waals surface area contributed by atoms with Crippen molar-refractivity contribution in [3.8, 4) is 11.5 Å². The summed E-state index contributed by atoms with van der Waals surface area (Å²) in [7, 11) is 1.62. The summed E-state index contributed by atoms with van der Waals surface area (Å²) in [6.07, 6.45) is 7.40. The highest BCUT2D eigenvalue weighted by Gasteiger charge is 2.13. The monoisotopic (exact) mass is 429 g/mol. The van der Waals surface area contributed by atoms with Gasteiger partial charge >= 0.3 is 5.97 Å². The van der Waals surface area contributed by atoms with Crippen LogP contribution in [0.25, 0.3) is 0 Å². The molecule has 6 heteroatoms. The molecule has 6 nitrogen and oxygen atoms in total. The van der Waals surface area contributed by atoms with Crippen LogP contribution in [0.4, 0.5) is 5.69 Å². The van der Waals surface area contributed by atoms with E-state index in [-0.39, 0.29) is 6.79 Å². The first-order valence-corrected chi connectivity index (χ1v) is 11.1. The topological polar surface area (TPSA) is 66.0 Å². The normalized spacial score (nSPS) is 10.6. The van der Waals surface area contributed by atoms with Crippen molar-refractivity contribution in [2.24, 2.45) is 0 Å². The van der Waals surface area contributed by atoms with Crippen molar-refractivity contribution in [3.63, 3.8) is 0 Å². The average molecular weight is 430 g/mol. The Morgan fingerprint density at radius 1 is 0.935 bits per heavy atom. The number of benzene rings is 2. The van der Waals surface area contributed by atoms with Crippen LogP contribution in [-0.4, -0.2) is 39.6 Å². The van der Waals surface area contributed by atoms with E-state index in [4.69, 9.17) is 18.9 Å². The molecule has 0 atom stereocenters. The smallest absolute Gasteiger partial charge is 0.343 e. The van der Waals surface area contributed by atoms with Gasteiger partial charge in [-0.2, -0.15) is 0 Å². The highest BCUT2D eigenvalue weighted by Crippen LogP contribution is 2.27. The van der Waals surface area contributed by atoms with Crippen molar-refractivity contribution in [2.45, 2.75) is 45.4 Å². The predicted octanol–water partition coefficient (Wildman–Crippen LogP) is 5.68. The van der Waals surface area contributed by atoms with Gasteiger partial charge in [-0.05, 0) is 36.8 Å². The first-order chi connectivity index (χ1) is 15.2. The maximum Gasteiger partial charge on any atom is 0.343 e. The molecule has 0 spiro atoms. The van der Waals surface area contributed by atoms with E-state index in [1.54, 1.807) is 31.4 Å². The lowest BCUT2D eigenvalue weighted by Crippen LogP contribution is -2.12. The molecule has 0 aliphatic rings. The lowest BCUT2D eigenvalue weighted by atomic mass is 10.1. The third kappa shape index (κ3) is 9.85. The number of hydrogen-bond acceptors (Lipinski definition) is 6. The SMILES string of the molecule is CCCCCCCCNc1ccc(C(=O)Oc2ccccc2)cc1OCOCCOC. The largest absolute Gasteiger partial charge is 0.465 e. The fourth-order valence-corrected chi connectivity index (χ4v) is 3.00. The molecule has 0 saturated carbocycles. The molecule has 0 aromatic heterocycles. The van der Waals surface area contributed by atoms with Crippen LogP contribution < -0.4 is 14.8 Å². The second-order valence-corrected chi connectivity index (χ2v) is 7.27. The van der Waals surface area contributed by atoms with Crippen molar-refractivity contribution in [3.05, 3.63) is 54.1 Å². The van der Waals surface area contributed by atoms with Crippen molar-refractivity contribution in [1.29, 1.82) is 0 Å². The Morgan fingerprint density at radius 2 is 1.71 bits per heavy atom. The summed E-state index contributed by atoms with van der Waals surface area (Å²) < 4.78 is 21.6. The Hall–Kier alpha value is -2.57. The molecule has 2 aromatic rings. The molecular formula is C25H35NO5. The van der Waals surface area contributed by atoms with Crippen molar-refractivity contribution in [2.75, 3.05) is 39.0 Å². The van der Waals surface area contributed by atoms with Gasteiger partial charge in [-0.15, -0.1) is 0 Å². The van der Waals surface area contributed by atoms with E-state index in [2.05, 4.69) is 12.2 Å². The van der Waals surface area contributed by atoms with Gasteiger partial charge in [0.15, 0.2) is 6.79 Å². The summed E-state index contributed by atoms with van der Waals surface area (Å²) in [6.45, 7) is 4.08. The predicted molar refractivity (Wildman–Crippen MR) is 123 cm³/mol. The van der Waals surface area contributed by atoms with Gasteiger partial charge in [0.1, 0.15) is 11.5 Å². The number of esters is 1. The second-order valence-electron chi connectivity index (χ2n) is 7.27. The molecule has 2 rings (SSSR count). The number of anilines is 1. The highest BCUT2D eigenvalue weighted by atomic mass is 16.7. The number of nitrogens with one attached hydrogen (secondary N) is 1. The van der Waals surface area contributed by atoms with Crippen LogP contribution in [0.5, 0.6) is 11.5 Å². The Balaban J connectivity index is 1.95. The number of carbonyl (C=O) groups is 1. The fourth-order valence-electron chi connectivity index (χ4n) is 3.00. The van der Waals surface area contributed by atoms with E-state index >= 15 is 0 Å². The number of ether oxygens (including phenoxy) is 4. The lowest BCUT2D eigenvalue weighted by Gasteiger charge is -2.15. The molecule has 170 valence electrons. The van der Waals surface area contributed by atoms with E-state index in [0.717, 1.165) is 18.7 Å². The second kappa shape index (κ2) is 15.3. The minimum atomic E-state index is -0.432. The molecule has 0 saturated heterocycles. The quantitative estimate of drug-likeness (QED) is 0.160. The first-order valence-electron chi connectivity index (χ1n) is 11.1. The standard InChI is InChI=1S/C25H35NO5/c1-3-4-5-6-7-11-16-26-23-15-14-21(19-24(23)30-20-29-18-17-28-2)25(27)31-22-12-9-8-10-13-22/h8-10,12-15,19,26H,3-7,11,16-18,20H2,1-2H3. The molecule has 0 radical (unpaired) electrons. The lowest BCUT2D eigenvalue weighted by molar-refractivity contribution is -0.00821. The van der Waals surface area contributed by atoms with E-state index in [1.165, 1.54) is 32.1 Å². The van der Waals surface area contributed by atoms with E-state index in [0.29, 0.717) is 30.3 Å². The average Bonchev–Trinajstić information content (AvgIpc) is 2.79. The van der Waals surface area contributed by atoms with Crippen LogP contribution in [0.2, 0.25) is 0 Å². The van der Waals surface area contributed by atoms with Gasteiger partial charge in [-0.1, -0.05) is 57.2 Å². The van der Waals surface area contributed by atoms with Crippen molar-refractivity contribution in [1.82, 2.24) is 0 Å². The number of hydrogen-bond donors (Lipinski definition) is 1. The minimum absolute atomic E-state index is 0.0756. The molecule has 0 aliphatic heterocycles. The van der Waals surface area contributed by atoms with Gasteiger partial charge in [-0.3, -0.25) is 0 Å². The van der Waals surface area contributed by atoms with Gasteiger partial charge in [0.05, 0.1) is 24.5 Å². The molecule has 0 heterocycles. The van der Waals surface area contributed by atoms with Gasteiger partial charge in [0.25, 0.3) is 0 Å². The maximum absolute atomic E-state index is 12.5.